The average Bonchev–Trinajstić information content (AvgIpc) is 2.73. The second-order valence-electron chi connectivity index (χ2n) is 6.45. The summed E-state index contributed by atoms with van der Waals surface area (Å²) < 4.78 is 5.55. The third-order valence-corrected chi connectivity index (χ3v) is 4.54. The second-order valence-corrected chi connectivity index (χ2v) is 6.45. The van der Waals surface area contributed by atoms with Gasteiger partial charge in [0, 0.05) is 35.8 Å². The maximum Gasteiger partial charge on any atom is 0.207 e. The van der Waals surface area contributed by atoms with Crippen molar-refractivity contribution in [1.29, 1.82) is 5.26 Å². The molecule has 3 rings (SSSR count). The predicted molar refractivity (Wildman–Crippen MR) is 110 cm³/mol. The first-order valence-electron chi connectivity index (χ1n) is 9.06. The van der Waals surface area contributed by atoms with E-state index >= 15 is 0 Å². The van der Waals surface area contributed by atoms with Crippen LogP contribution in [0.2, 0.25) is 0 Å². The normalized spacial score (nSPS) is 10.3. The number of hydrogen-bond acceptors (Lipinski definition) is 5. The van der Waals surface area contributed by atoms with Gasteiger partial charge < -0.3 is 15.4 Å². The number of benzene rings is 2. The lowest BCUT2D eigenvalue weighted by molar-refractivity contribution is -0.109. The summed E-state index contributed by atoms with van der Waals surface area (Å²) >= 11 is 0. The van der Waals surface area contributed by atoms with E-state index < -0.39 is 0 Å². The zero-order chi connectivity index (χ0) is 19.9. The molecule has 1 aromatic heterocycles. The maximum absolute atomic E-state index is 10.3. The fourth-order valence-electron chi connectivity index (χ4n) is 3.16. The molecule has 0 spiro atoms. The number of nitriles is 1. The number of methoxy groups -OCH3 is 1. The van der Waals surface area contributed by atoms with Crippen LogP contribution in [0.1, 0.15) is 17.5 Å². The van der Waals surface area contributed by atoms with Crippen molar-refractivity contribution in [2.24, 2.45) is 0 Å². The number of rotatable bonds is 8. The van der Waals surface area contributed by atoms with Crippen LogP contribution in [-0.2, 0) is 4.79 Å². The van der Waals surface area contributed by atoms with Crippen molar-refractivity contribution in [3.8, 4) is 22.9 Å². The van der Waals surface area contributed by atoms with Crippen molar-refractivity contribution in [3.05, 3.63) is 53.7 Å². The third-order valence-electron chi connectivity index (χ3n) is 4.54. The minimum Gasteiger partial charge on any atom is -0.496 e. The Hall–Kier alpha value is -3.59. The van der Waals surface area contributed by atoms with Crippen molar-refractivity contribution < 1.29 is 9.53 Å². The Morgan fingerprint density at radius 3 is 2.75 bits per heavy atom. The van der Waals surface area contributed by atoms with Gasteiger partial charge in [-0.25, -0.2) is 4.98 Å². The quantitative estimate of drug-likeness (QED) is 0.464. The smallest absolute Gasteiger partial charge is 0.207 e. The first-order valence-corrected chi connectivity index (χ1v) is 9.06. The topological polar surface area (TPSA) is 87.0 Å². The van der Waals surface area contributed by atoms with Crippen molar-refractivity contribution in [2.75, 3.05) is 25.5 Å². The summed E-state index contributed by atoms with van der Waals surface area (Å²) in [5.74, 6) is 1.49. The van der Waals surface area contributed by atoms with Gasteiger partial charge in [-0.15, -0.1) is 0 Å². The largest absolute Gasteiger partial charge is 0.496 e. The van der Waals surface area contributed by atoms with Crippen LogP contribution in [0.5, 0.6) is 5.75 Å². The number of pyridine rings is 1. The number of carbonyl (C=O) groups is 1. The Labute approximate surface area is 164 Å². The minimum absolute atomic E-state index is 0.577. The fraction of sp³-hybridized carbons (Fsp3) is 0.227. The SMILES string of the molecule is COc1ccc(C)cc1-c1cnc(NCCCNC=O)c2cc(C#N)ccc12. The molecule has 1 heterocycles. The Bertz CT molecular complexity index is 1040. The third kappa shape index (κ3) is 4.04. The van der Waals surface area contributed by atoms with E-state index in [0.29, 0.717) is 30.9 Å². The second kappa shape index (κ2) is 8.87. The number of nitrogens with one attached hydrogen (secondary N) is 2. The first kappa shape index (κ1) is 19.2. The monoisotopic (exact) mass is 374 g/mol. The van der Waals surface area contributed by atoms with Gasteiger partial charge in [0.15, 0.2) is 0 Å². The summed E-state index contributed by atoms with van der Waals surface area (Å²) in [4.78, 5) is 15.0. The maximum atomic E-state index is 10.3. The van der Waals surface area contributed by atoms with E-state index in [1.807, 2.05) is 43.5 Å². The number of aryl methyl sites for hydroxylation is 1. The van der Waals surface area contributed by atoms with Gasteiger partial charge in [-0.05, 0) is 43.0 Å². The molecule has 0 saturated carbocycles. The van der Waals surface area contributed by atoms with Crippen LogP contribution >= 0.6 is 0 Å². The highest BCUT2D eigenvalue weighted by Gasteiger charge is 2.14. The van der Waals surface area contributed by atoms with Crippen molar-refractivity contribution in [2.45, 2.75) is 13.3 Å². The summed E-state index contributed by atoms with van der Waals surface area (Å²) in [6.07, 6.45) is 3.29. The molecule has 2 aromatic carbocycles. The first-order chi connectivity index (χ1) is 13.7. The highest BCUT2D eigenvalue weighted by Crippen LogP contribution is 2.37. The van der Waals surface area contributed by atoms with Gasteiger partial charge in [-0.3, -0.25) is 4.79 Å². The van der Waals surface area contributed by atoms with Gasteiger partial charge in [0.1, 0.15) is 11.6 Å². The van der Waals surface area contributed by atoms with Gasteiger partial charge in [-0.1, -0.05) is 17.7 Å². The molecule has 0 atom stereocenters. The number of carbonyl (C=O) groups excluding carboxylic acids is 1. The molecule has 0 aliphatic heterocycles. The molecule has 142 valence electrons. The molecular weight excluding hydrogens is 352 g/mol. The van der Waals surface area contributed by atoms with E-state index in [9.17, 15) is 10.1 Å². The summed E-state index contributed by atoms with van der Waals surface area (Å²) in [5.41, 5.74) is 3.62. The summed E-state index contributed by atoms with van der Waals surface area (Å²) in [5, 5.41) is 17.1. The lowest BCUT2D eigenvalue weighted by Gasteiger charge is -2.15. The molecule has 0 aliphatic rings. The van der Waals surface area contributed by atoms with Crippen LogP contribution in [-0.4, -0.2) is 31.6 Å². The molecule has 0 fully saturated rings. The average molecular weight is 374 g/mol. The molecule has 28 heavy (non-hydrogen) atoms. The van der Waals surface area contributed by atoms with E-state index in [1.165, 1.54) is 0 Å². The molecule has 0 saturated heterocycles. The molecule has 6 nitrogen and oxygen atoms in total. The zero-order valence-corrected chi connectivity index (χ0v) is 16.0. The van der Waals surface area contributed by atoms with Crippen LogP contribution in [0, 0.1) is 18.3 Å². The van der Waals surface area contributed by atoms with Crippen molar-refractivity contribution in [3.63, 3.8) is 0 Å². The number of nitrogens with zero attached hydrogens (tertiary/aromatic N) is 2. The van der Waals surface area contributed by atoms with Crippen molar-refractivity contribution >= 4 is 23.0 Å². The molecule has 0 bridgehead atoms. The van der Waals surface area contributed by atoms with Crippen LogP contribution in [0.15, 0.2) is 42.6 Å². The molecule has 1 amide bonds. The Kier molecular flexibility index (Phi) is 6.07. The lowest BCUT2D eigenvalue weighted by Crippen LogP contribution is -2.16. The minimum atomic E-state index is 0.577. The standard InChI is InChI=1S/C22H22N4O2/c1-15-4-7-21(28-2)18(10-15)20-13-26-22(25-9-3-8-24-14-27)19-11-16(12-23)5-6-17(19)20/h4-7,10-11,13-14H,3,8-9H2,1-2H3,(H,24,27)(H,25,26). The lowest BCUT2D eigenvalue weighted by atomic mass is 9.97. The molecule has 2 N–H and O–H groups in total. The van der Waals surface area contributed by atoms with E-state index in [-0.39, 0.29) is 0 Å². The van der Waals surface area contributed by atoms with Crippen LogP contribution in [0.25, 0.3) is 21.9 Å². The Balaban J connectivity index is 2.07. The van der Waals surface area contributed by atoms with Crippen LogP contribution < -0.4 is 15.4 Å². The Morgan fingerprint density at radius 1 is 1.14 bits per heavy atom. The highest BCUT2D eigenvalue weighted by molar-refractivity contribution is 6.03. The number of ether oxygens (including phenoxy) is 1. The number of aromatic nitrogens is 1. The number of anilines is 1. The summed E-state index contributed by atoms with van der Waals surface area (Å²) in [6.45, 7) is 3.29. The molecule has 6 heteroatoms. The van der Waals surface area contributed by atoms with E-state index in [1.54, 1.807) is 7.11 Å². The summed E-state index contributed by atoms with van der Waals surface area (Å²) in [6, 6.07) is 13.8. The number of fused-ring (bicyclic) bond motifs is 1. The fourth-order valence-corrected chi connectivity index (χ4v) is 3.16. The van der Waals surface area contributed by atoms with E-state index in [2.05, 4.69) is 27.8 Å². The predicted octanol–water partition coefficient (Wildman–Crippen LogP) is 3.64. The zero-order valence-electron chi connectivity index (χ0n) is 16.0. The van der Waals surface area contributed by atoms with E-state index in [4.69, 9.17) is 4.74 Å². The number of amides is 1. The van der Waals surface area contributed by atoms with Crippen LogP contribution in [0.4, 0.5) is 5.82 Å². The van der Waals surface area contributed by atoms with E-state index in [0.717, 1.165) is 39.6 Å². The van der Waals surface area contributed by atoms with Gasteiger partial charge >= 0.3 is 0 Å². The molecule has 0 aliphatic carbocycles. The molecule has 0 unspecified atom stereocenters. The van der Waals surface area contributed by atoms with Gasteiger partial charge in [0.05, 0.1) is 18.7 Å². The molecule has 0 radical (unpaired) electrons. The molecular formula is C22H22N4O2. The summed E-state index contributed by atoms with van der Waals surface area (Å²) in [7, 11) is 1.65. The van der Waals surface area contributed by atoms with Crippen LogP contribution in [0.3, 0.4) is 0 Å². The van der Waals surface area contributed by atoms with Gasteiger partial charge in [0.25, 0.3) is 0 Å². The Morgan fingerprint density at radius 2 is 2.00 bits per heavy atom. The highest BCUT2D eigenvalue weighted by atomic mass is 16.5. The molecule has 3 aromatic rings. The van der Waals surface area contributed by atoms with Crippen molar-refractivity contribution in [1.82, 2.24) is 10.3 Å². The van der Waals surface area contributed by atoms with Gasteiger partial charge in [-0.2, -0.15) is 5.26 Å². The van der Waals surface area contributed by atoms with Gasteiger partial charge in [0.2, 0.25) is 6.41 Å². The number of hydrogen-bond donors (Lipinski definition) is 2.